The SMILES string of the molecule is Cc1cccc(N2CCN(C(=O)CCCC(=O)OC3(C(N)=O)CCC(Cc4ccccc4)(N(C)C)CC3)CC2)c1C. The van der Waals surface area contributed by atoms with E-state index in [0.717, 1.165) is 19.5 Å². The monoisotopic (exact) mass is 562 g/mol. The molecule has 0 bridgehead atoms. The molecule has 1 saturated heterocycles. The Morgan fingerprint density at radius 1 is 0.878 bits per heavy atom. The number of likely N-dealkylation sites (N-methyl/N-ethyl adjacent to an activating group) is 1. The number of carbonyl (C=O) groups excluding carboxylic acids is 3. The van der Waals surface area contributed by atoms with E-state index in [1.165, 1.54) is 22.4 Å². The molecule has 0 unspecified atom stereocenters. The van der Waals surface area contributed by atoms with E-state index < -0.39 is 17.5 Å². The first kappa shape index (κ1) is 30.6. The second kappa shape index (κ2) is 13.1. The molecule has 8 nitrogen and oxygen atoms in total. The fourth-order valence-corrected chi connectivity index (χ4v) is 6.36. The van der Waals surface area contributed by atoms with E-state index in [4.69, 9.17) is 10.5 Å². The summed E-state index contributed by atoms with van der Waals surface area (Å²) in [4.78, 5) is 44.7. The standard InChI is InChI=1S/C33H46N4O4/c1-25-10-8-13-28(26(25)2)36-20-22-37(23-21-36)29(38)14-9-15-30(39)41-33(31(34)40)18-16-32(17-19-33,35(3)4)24-27-11-6-5-7-12-27/h5-8,10-13H,9,14-24H2,1-4H3,(H2,34,40). The molecule has 2 amide bonds. The number of hydrogen-bond acceptors (Lipinski definition) is 6. The van der Waals surface area contributed by atoms with Gasteiger partial charge < -0.3 is 25.2 Å². The van der Waals surface area contributed by atoms with Crippen LogP contribution in [0.2, 0.25) is 0 Å². The van der Waals surface area contributed by atoms with E-state index in [2.05, 4.69) is 68.1 Å². The average molecular weight is 563 g/mol. The van der Waals surface area contributed by atoms with Crippen molar-refractivity contribution in [2.24, 2.45) is 5.73 Å². The van der Waals surface area contributed by atoms with Crippen LogP contribution in [0.25, 0.3) is 0 Å². The molecule has 2 N–H and O–H groups in total. The van der Waals surface area contributed by atoms with Crippen LogP contribution in [0.15, 0.2) is 48.5 Å². The number of nitrogens with zero attached hydrogens (tertiary/aromatic N) is 3. The molecule has 0 atom stereocenters. The van der Waals surface area contributed by atoms with Crippen molar-refractivity contribution in [3.8, 4) is 0 Å². The van der Waals surface area contributed by atoms with Gasteiger partial charge in [0, 0.05) is 50.2 Å². The molecule has 0 radical (unpaired) electrons. The number of anilines is 1. The van der Waals surface area contributed by atoms with Crippen molar-refractivity contribution in [2.75, 3.05) is 45.2 Å². The van der Waals surface area contributed by atoms with Crippen molar-refractivity contribution in [1.82, 2.24) is 9.80 Å². The van der Waals surface area contributed by atoms with E-state index in [9.17, 15) is 14.4 Å². The molecule has 2 aromatic rings. The summed E-state index contributed by atoms with van der Waals surface area (Å²) >= 11 is 0. The Morgan fingerprint density at radius 2 is 1.54 bits per heavy atom. The number of primary amides is 1. The molecular formula is C33H46N4O4. The van der Waals surface area contributed by atoms with Gasteiger partial charge in [-0.15, -0.1) is 0 Å². The predicted molar refractivity (Wildman–Crippen MR) is 162 cm³/mol. The van der Waals surface area contributed by atoms with Gasteiger partial charge >= 0.3 is 5.97 Å². The highest BCUT2D eigenvalue weighted by atomic mass is 16.6. The smallest absolute Gasteiger partial charge is 0.306 e. The van der Waals surface area contributed by atoms with Gasteiger partial charge in [0.05, 0.1) is 0 Å². The highest BCUT2D eigenvalue weighted by molar-refractivity contribution is 5.87. The zero-order valence-electron chi connectivity index (χ0n) is 25.2. The molecule has 4 rings (SSSR count). The number of rotatable bonds is 10. The third-order valence-corrected chi connectivity index (χ3v) is 9.39. The van der Waals surface area contributed by atoms with Crippen LogP contribution in [-0.2, 0) is 25.5 Å². The van der Waals surface area contributed by atoms with Crippen LogP contribution in [0.4, 0.5) is 5.69 Å². The number of hydrogen-bond donors (Lipinski definition) is 1. The minimum absolute atomic E-state index is 0.0531. The summed E-state index contributed by atoms with van der Waals surface area (Å²) < 4.78 is 5.81. The maximum Gasteiger partial charge on any atom is 0.306 e. The summed E-state index contributed by atoms with van der Waals surface area (Å²) in [5.41, 5.74) is 9.40. The number of piperazine rings is 1. The van der Waals surface area contributed by atoms with Gasteiger partial charge in [-0.05, 0) is 89.2 Å². The lowest BCUT2D eigenvalue weighted by atomic mass is 9.70. The molecule has 222 valence electrons. The van der Waals surface area contributed by atoms with Crippen LogP contribution >= 0.6 is 0 Å². The number of amides is 2. The Balaban J connectivity index is 1.25. The molecule has 2 aliphatic rings. The molecule has 1 aliphatic heterocycles. The lowest BCUT2D eigenvalue weighted by Crippen LogP contribution is -2.57. The Kier molecular flexibility index (Phi) is 9.74. The first-order valence-corrected chi connectivity index (χ1v) is 14.9. The summed E-state index contributed by atoms with van der Waals surface area (Å²) in [7, 11) is 4.12. The maximum atomic E-state index is 12.9. The zero-order chi connectivity index (χ0) is 29.6. The number of benzene rings is 2. The van der Waals surface area contributed by atoms with Crippen molar-refractivity contribution < 1.29 is 19.1 Å². The molecule has 0 aromatic heterocycles. The largest absolute Gasteiger partial charge is 0.449 e. The average Bonchev–Trinajstić information content (AvgIpc) is 2.96. The van der Waals surface area contributed by atoms with Crippen LogP contribution in [-0.4, -0.2) is 79.0 Å². The highest BCUT2D eigenvalue weighted by Crippen LogP contribution is 2.42. The summed E-state index contributed by atoms with van der Waals surface area (Å²) in [6.45, 7) is 7.17. The van der Waals surface area contributed by atoms with Crippen LogP contribution in [0.1, 0.15) is 61.6 Å². The van der Waals surface area contributed by atoms with Gasteiger partial charge in [-0.2, -0.15) is 0 Å². The number of nitrogens with two attached hydrogens (primary N) is 1. The van der Waals surface area contributed by atoms with Crippen molar-refractivity contribution in [1.29, 1.82) is 0 Å². The highest BCUT2D eigenvalue weighted by Gasteiger charge is 2.49. The fourth-order valence-electron chi connectivity index (χ4n) is 6.36. The Hall–Kier alpha value is -3.39. The molecule has 1 saturated carbocycles. The minimum Gasteiger partial charge on any atom is -0.449 e. The van der Waals surface area contributed by atoms with Crippen molar-refractivity contribution in [3.63, 3.8) is 0 Å². The van der Waals surface area contributed by atoms with E-state index >= 15 is 0 Å². The molecular weight excluding hydrogens is 516 g/mol. The molecule has 8 heteroatoms. The zero-order valence-corrected chi connectivity index (χ0v) is 25.2. The normalized spacial score (nSPS) is 23.0. The molecule has 1 aliphatic carbocycles. The first-order chi connectivity index (χ1) is 19.5. The topological polar surface area (TPSA) is 96.2 Å². The van der Waals surface area contributed by atoms with E-state index in [1.807, 2.05) is 23.1 Å². The van der Waals surface area contributed by atoms with Gasteiger partial charge in [0.1, 0.15) is 0 Å². The molecule has 0 spiro atoms. The van der Waals surface area contributed by atoms with Crippen molar-refractivity contribution in [3.05, 3.63) is 65.2 Å². The first-order valence-electron chi connectivity index (χ1n) is 14.9. The van der Waals surface area contributed by atoms with Crippen LogP contribution in [0.5, 0.6) is 0 Å². The van der Waals surface area contributed by atoms with E-state index in [1.54, 1.807) is 0 Å². The van der Waals surface area contributed by atoms with E-state index in [-0.39, 0.29) is 24.3 Å². The molecule has 1 heterocycles. The number of ether oxygens (including phenoxy) is 1. The van der Waals surface area contributed by atoms with Gasteiger partial charge in [-0.25, -0.2) is 0 Å². The van der Waals surface area contributed by atoms with Gasteiger partial charge in [-0.1, -0.05) is 42.5 Å². The number of esters is 1. The van der Waals surface area contributed by atoms with Crippen molar-refractivity contribution in [2.45, 2.75) is 76.4 Å². The van der Waals surface area contributed by atoms with Crippen LogP contribution in [0, 0.1) is 13.8 Å². The van der Waals surface area contributed by atoms with Crippen LogP contribution in [0.3, 0.4) is 0 Å². The summed E-state index contributed by atoms with van der Waals surface area (Å²) in [5.74, 6) is -0.996. The Morgan fingerprint density at radius 3 is 2.15 bits per heavy atom. The number of aryl methyl sites for hydroxylation is 1. The predicted octanol–water partition coefficient (Wildman–Crippen LogP) is 4.01. The summed E-state index contributed by atoms with van der Waals surface area (Å²) in [6, 6.07) is 16.6. The van der Waals surface area contributed by atoms with Crippen molar-refractivity contribution >= 4 is 23.5 Å². The van der Waals surface area contributed by atoms with Gasteiger partial charge in [0.25, 0.3) is 5.91 Å². The Labute approximate surface area is 244 Å². The van der Waals surface area contributed by atoms with Gasteiger partial charge in [-0.3, -0.25) is 14.4 Å². The quantitative estimate of drug-likeness (QED) is 0.440. The molecule has 41 heavy (non-hydrogen) atoms. The van der Waals surface area contributed by atoms with Crippen LogP contribution < -0.4 is 10.6 Å². The second-order valence-electron chi connectivity index (χ2n) is 12.1. The summed E-state index contributed by atoms with van der Waals surface area (Å²) in [6.07, 6.45) is 3.78. The third-order valence-electron chi connectivity index (χ3n) is 9.39. The van der Waals surface area contributed by atoms with E-state index in [0.29, 0.717) is 45.2 Å². The lowest BCUT2D eigenvalue weighted by molar-refractivity contribution is -0.174. The van der Waals surface area contributed by atoms with Gasteiger partial charge in [0.2, 0.25) is 5.91 Å². The Bertz CT molecular complexity index is 1210. The van der Waals surface area contributed by atoms with Gasteiger partial charge in [0.15, 0.2) is 5.60 Å². The third kappa shape index (κ3) is 7.10. The number of carbonyl (C=O) groups is 3. The summed E-state index contributed by atoms with van der Waals surface area (Å²) in [5, 5.41) is 0. The molecule has 2 aromatic carbocycles. The maximum absolute atomic E-state index is 12.9. The lowest BCUT2D eigenvalue weighted by Gasteiger charge is -2.48. The minimum atomic E-state index is -1.29. The fraction of sp³-hybridized carbons (Fsp3) is 0.545. The second-order valence-corrected chi connectivity index (χ2v) is 12.1. The molecule has 2 fully saturated rings.